The smallest absolute Gasteiger partial charge is 0.198 e. The van der Waals surface area contributed by atoms with E-state index in [2.05, 4.69) is 20.9 Å². The third-order valence-corrected chi connectivity index (χ3v) is 4.71. The Kier molecular flexibility index (Phi) is 4.75. The molecule has 1 aliphatic heterocycles. The normalized spacial score (nSPS) is 20.0. The second kappa shape index (κ2) is 7.33. The minimum absolute atomic E-state index is 0.0288. The molecular formula is C19H18FN5S. The van der Waals surface area contributed by atoms with E-state index in [0.29, 0.717) is 4.77 Å². The van der Waals surface area contributed by atoms with Crippen molar-refractivity contribution in [2.75, 3.05) is 6.54 Å². The summed E-state index contributed by atoms with van der Waals surface area (Å²) in [5.74, 6) is -0.116. The van der Waals surface area contributed by atoms with Crippen molar-refractivity contribution in [3.05, 3.63) is 76.9 Å². The number of hydrogen-bond acceptors (Lipinski definition) is 4. The van der Waals surface area contributed by atoms with Gasteiger partial charge >= 0.3 is 0 Å². The van der Waals surface area contributed by atoms with E-state index in [-0.39, 0.29) is 17.8 Å². The number of hydrazine groups is 1. The van der Waals surface area contributed by atoms with Crippen LogP contribution in [-0.2, 0) is 0 Å². The van der Waals surface area contributed by atoms with E-state index in [1.165, 1.54) is 12.1 Å². The summed E-state index contributed by atoms with van der Waals surface area (Å²) in [5, 5.41) is 4.53. The van der Waals surface area contributed by atoms with Gasteiger partial charge in [-0.25, -0.2) is 14.5 Å². The molecule has 26 heavy (non-hydrogen) atoms. The third-order valence-electron chi connectivity index (χ3n) is 4.42. The summed E-state index contributed by atoms with van der Waals surface area (Å²) < 4.78 is 15.3. The third kappa shape index (κ3) is 3.50. The van der Waals surface area contributed by atoms with Gasteiger partial charge in [-0.1, -0.05) is 42.5 Å². The first-order valence-corrected chi connectivity index (χ1v) is 8.77. The van der Waals surface area contributed by atoms with E-state index >= 15 is 0 Å². The van der Waals surface area contributed by atoms with Gasteiger partial charge in [-0.3, -0.25) is 5.43 Å². The minimum atomic E-state index is -0.239. The molecule has 4 rings (SSSR count). The van der Waals surface area contributed by atoms with Gasteiger partial charge in [-0.05, 0) is 35.5 Å². The van der Waals surface area contributed by atoms with E-state index in [1.54, 1.807) is 16.8 Å². The van der Waals surface area contributed by atoms with Crippen molar-refractivity contribution in [2.24, 2.45) is 11.0 Å². The SMILES string of the molecule is Fc1ccc(C2NNCC2/C=N/n2cc(-c3ccccc3)[nH]c2=S)cc1. The lowest BCUT2D eigenvalue weighted by atomic mass is 9.96. The Morgan fingerprint density at radius 3 is 2.65 bits per heavy atom. The molecule has 1 aromatic heterocycles. The van der Waals surface area contributed by atoms with E-state index in [4.69, 9.17) is 12.2 Å². The second-order valence-electron chi connectivity index (χ2n) is 6.17. The van der Waals surface area contributed by atoms with Crippen LogP contribution in [0.5, 0.6) is 0 Å². The number of aromatic nitrogens is 2. The second-order valence-corrected chi connectivity index (χ2v) is 6.55. The Labute approximate surface area is 155 Å². The van der Waals surface area contributed by atoms with Crippen LogP contribution in [0, 0.1) is 16.5 Å². The van der Waals surface area contributed by atoms with E-state index in [1.807, 2.05) is 42.7 Å². The highest BCUT2D eigenvalue weighted by molar-refractivity contribution is 7.71. The summed E-state index contributed by atoms with van der Waals surface area (Å²) in [5.41, 5.74) is 9.34. The number of halogens is 1. The maximum absolute atomic E-state index is 13.1. The monoisotopic (exact) mass is 367 g/mol. The van der Waals surface area contributed by atoms with Crippen LogP contribution in [0.4, 0.5) is 4.39 Å². The van der Waals surface area contributed by atoms with Crippen molar-refractivity contribution >= 4 is 18.4 Å². The molecule has 2 atom stereocenters. The molecule has 0 radical (unpaired) electrons. The predicted molar refractivity (Wildman–Crippen MR) is 103 cm³/mol. The van der Waals surface area contributed by atoms with Crippen molar-refractivity contribution < 1.29 is 4.39 Å². The fourth-order valence-corrected chi connectivity index (χ4v) is 3.25. The highest BCUT2D eigenvalue weighted by Gasteiger charge is 2.26. The number of aromatic amines is 1. The van der Waals surface area contributed by atoms with Crippen molar-refractivity contribution in [3.63, 3.8) is 0 Å². The zero-order chi connectivity index (χ0) is 17.9. The molecule has 1 aliphatic rings. The van der Waals surface area contributed by atoms with Crippen molar-refractivity contribution in [1.29, 1.82) is 0 Å². The molecule has 0 amide bonds. The van der Waals surface area contributed by atoms with Gasteiger partial charge < -0.3 is 4.98 Å². The Morgan fingerprint density at radius 1 is 1.12 bits per heavy atom. The van der Waals surface area contributed by atoms with Crippen LogP contribution in [0.25, 0.3) is 11.3 Å². The Morgan fingerprint density at radius 2 is 1.88 bits per heavy atom. The first kappa shape index (κ1) is 16.8. The first-order valence-electron chi connectivity index (χ1n) is 8.36. The van der Waals surface area contributed by atoms with Crippen LogP contribution in [-0.4, -0.2) is 22.4 Å². The standard InChI is InChI=1S/C19H18FN5S/c20-16-8-6-14(7-9-16)18-15(10-21-24-18)11-22-25-12-17(23-19(25)26)13-4-2-1-3-5-13/h1-9,11-12,15,18,21,24H,10H2,(H,23,26)/b22-11+. The highest BCUT2D eigenvalue weighted by Crippen LogP contribution is 2.24. The first-order chi connectivity index (χ1) is 12.7. The molecule has 0 aliphatic carbocycles. The van der Waals surface area contributed by atoms with Crippen LogP contribution < -0.4 is 10.9 Å². The van der Waals surface area contributed by atoms with E-state index in [9.17, 15) is 4.39 Å². The van der Waals surface area contributed by atoms with Crippen LogP contribution >= 0.6 is 12.2 Å². The fraction of sp³-hybridized carbons (Fsp3) is 0.158. The topological polar surface area (TPSA) is 57.1 Å². The number of nitrogens with one attached hydrogen (secondary N) is 3. The van der Waals surface area contributed by atoms with Crippen LogP contribution in [0.15, 0.2) is 65.9 Å². The number of rotatable bonds is 4. The van der Waals surface area contributed by atoms with Crippen LogP contribution in [0.2, 0.25) is 0 Å². The van der Waals surface area contributed by atoms with Crippen LogP contribution in [0.1, 0.15) is 11.6 Å². The van der Waals surface area contributed by atoms with Gasteiger partial charge in [-0.2, -0.15) is 5.10 Å². The Hall–Kier alpha value is -2.61. The number of nitrogens with zero attached hydrogens (tertiary/aromatic N) is 2. The maximum Gasteiger partial charge on any atom is 0.198 e. The van der Waals surface area contributed by atoms with Crippen molar-refractivity contribution in [2.45, 2.75) is 6.04 Å². The molecule has 132 valence electrons. The fourth-order valence-electron chi connectivity index (χ4n) is 3.04. The lowest BCUT2D eigenvalue weighted by Gasteiger charge is -2.15. The lowest BCUT2D eigenvalue weighted by Crippen LogP contribution is -2.25. The van der Waals surface area contributed by atoms with Gasteiger partial charge in [0.15, 0.2) is 4.77 Å². The number of hydrogen-bond donors (Lipinski definition) is 3. The number of H-pyrrole nitrogens is 1. The molecule has 5 nitrogen and oxygen atoms in total. The maximum atomic E-state index is 13.1. The average Bonchev–Trinajstić information content (AvgIpc) is 3.28. The van der Waals surface area contributed by atoms with Gasteiger partial charge in [0.05, 0.1) is 17.9 Å². The number of imidazole rings is 1. The summed E-state index contributed by atoms with van der Waals surface area (Å²) >= 11 is 5.37. The quantitative estimate of drug-likeness (QED) is 0.487. The molecule has 2 unspecified atom stereocenters. The molecule has 7 heteroatoms. The lowest BCUT2D eigenvalue weighted by molar-refractivity contribution is 0.553. The van der Waals surface area contributed by atoms with Gasteiger partial charge in [0.25, 0.3) is 0 Å². The molecule has 3 aromatic rings. The molecule has 0 spiro atoms. The molecule has 0 saturated carbocycles. The Bertz CT molecular complexity index is 962. The molecule has 2 heterocycles. The minimum Gasteiger partial charge on any atom is -0.329 e. The average molecular weight is 367 g/mol. The van der Waals surface area contributed by atoms with E-state index < -0.39 is 0 Å². The van der Waals surface area contributed by atoms with E-state index in [0.717, 1.165) is 23.4 Å². The molecular weight excluding hydrogens is 349 g/mol. The summed E-state index contributed by atoms with van der Waals surface area (Å²) in [6.07, 6.45) is 3.76. The van der Waals surface area contributed by atoms with Gasteiger partial charge in [0.2, 0.25) is 0 Å². The van der Waals surface area contributed by atoms with Crippen molar-refractivity contribution in [3.8, 4) is 11.3 Å². The largest absolute Gasteiger partial charge is 0.329 e. The predicted octanol–water partition coefficient (Wildman–Crippen LogP) is 3.65. The summed E-state index contributed by atoms with van der Waals surface area (Å²) in [6.45, 7) is 0.731. The molecule has 2 aromatic carbocycles. The zero-order valence-electron chi connectivity index (χ0n) is 13.9. The summed E-state index contributed by atoms with van der Waals surface area (Å²) in [4.78, 5) is 3.18. The zero-order valence-corrected chi connectivity index (χ0v) is 14.7. The highest BCUT2D eigenvalue weighted by atomic mass is 32.1. The van der Waals surface area contributed by atoms with Gasteiger partial charge in [0.1, 0.15) is 5.82 Å². The molecule has 1 fully saturated rings. The van der Waals surface area contributed by atoms with Gasteiger partial charge in [0, 0.05) is 18.7 Å². The molecule has 0 bridgehead atoms. The van der Waals surface area contributed by atoms with Crippen molar-refractivity contribution in [1.82, 2.24) is 20.5 Å². The summed E-state index contributed by atoms with van der Waals surface area (Å²) in [6, 6.07) is 16.5. The molecule has 3 N–H and O–H groups in total. The Balaban J connectivity index is 1.55. The number of benzene rings is 2. The van der Waals surface area contributed by atoms with Crippen LogP contribution in [0.3, 0.4) is 0 Å². The molecule has 1 saturated heterocycles. The van der Waals surface area contributed by atoms with Gasteiger partial charge in [-0.15, -0.1) is 0 Å². The summed E-state index contributed by atoms with van der Waals surface area (Å²) in [7, 11) is 0.